The molecule has 0 spiro atoms. The van der Waals surface area contributed by atoms with Gasteiger partial charge in [0.2, 0.25) is 0 Å². The third kappa shape index (κ3) is 16.6. The highest BCUT2D eigenvalue weighted by molar-refractivity contribution is 4.50. The quantitative estimate of drug-likeness (QED) is 0.228. The van der Waals surface area contributed by atoms with Gasteiger partial charge in [-0.05, 0) is 13.3 Å². The molecule has 0 amide bonds. The lowest BCUT2D eigenvalue weighted by atomic mass is 10.1. The first-order valence-corrected chi connectivity index (χ1v) is 10.4. The summed E-state index contributed by atoms with van der Waals surface area (Å²) in [5.41, 5.74) is 0. The molecule has 0 aromatic rings. The lowest BCUT2D eigenvalue weighted by Crippen LogP contribution is -2.43. The minimum atomic E-state index is 0.678. The van der Waals surface area contributed by atoms with Crippen molar-refractivity contribution in [3.8, 4) is 0 Å². The number of ether oxygens (including phenoxy) is 1. The summed E-state index contributed by atoms with van der Waals surface area (Å²) in [6, 6.07) is 0.678. The monoisotopic (exact) mass is 328 g/mol. The Morgan fingerprint density at radius 2 is 1.09 bits per heavy atom. The molecule has 0 rings (SSSR count). The van der Waals surface area contributed by atoms with Crippen molar-refractivity contribution >= 4 is 0 Å². The smallest absolute Gasteiger partial charge is 0.0877 e. The van der Waals surface area contributed by atoms with E-state index in [4.69, 9.17) is 4.74 Å². The summed E-state index contributed by atoms with van der Waals surface area (Å²) in [6.07, 6.45) is 18.1. The summed E-state index contributed by atoms with van der Waals surface area (Å²) in [6.45, 7) is 6.49. The van der Waals surface area contributed by atoms with Gasteiger partial charge in [-0.25, -0.2) is 0 Å². The lowest BCUT2D eigenvalue weighted by molar-refractivity contribution is -0.894. The van der Waals surface area contributed by atoms with Crippen molar-refractivity contribution in [1.29, 1.82) is 0 Å². The SMILES string of the molecule is CCCCCCCCCCCCCCOCCC(C)[N+](C)(C)C. The van der Waals surface area contributed by atoms with Gasteiger partial charge in [-0.1, -0.05) is 77.6 Å². The molecule has 0 saturated heterocycles. The summed E-state index contributed by atoms with van der Waals surface area (Å²) in [5.74, 6) is 0. The van der Waals surface area contributed by atoms with E-state index in [9.17, 15) is 0 Å². The molecule has 1 unspecified atom stereocenters. The van der Waals surface area contributed by atoms with Crippen LogP contribution in [0.5, 0.6) is 0 Å². The van der Waals surface area contributed by atoms with Gasteiger partial charge in [0.15, 0.2) is 0 Å². The summed E-state index contributed by atoms with van der Waals surface area (Å²) in [5, 5.41) is 0. The highest BCUT2D eigenvalue weighted by Crippen LogP contribution is 2.12. The van der Waals surface area contributed by atoms with Gasteiger partial charge in [-0.15, -0.1) is 0 Å². The Kier molecular flexibility index (Phi) is 15.4. The Labute approximate surface area is 147 Å². The molecule has 0 heterocycles. The Balaban J connectivity index is 3.11. The van der Waals surface area contributed by atoms with E-state index in [-0.39, 0.29) is 0 Å². The van der Waals surface area contributed by atoms with Crippen LogP contribution in [0.25, 0.3) is 0 Å². The molecule has 2 heteroatoms. The third-order valence-electron chi connectivity index (χ3n) is 5.14. The standard InChI is InChI=1S/C21H46NO/c1-6-7-8-9-10-11-12-13-14-15-16-17-19-23-20-18-21(2)22(3,4)5/h21H,6-20H2,1-5H3/q+1. The normalized spacial score (nSPS) is 13.4. The van der Waals surface area contributed by atoms with Gasteiger partial charge in [0.05, 0.1) is 33.8 Å². The Hall–Kier alpha value is -0.0800. The second-order valence-corrected chi connectivity index (χ2v) is 8.26. The zero-order chi connectivity index (χ0) is 17.4. The maximum absolute atomic E-state index is 5.78. The minimum absolute atomic E-state index is 0.678. The van der Waals surface area contributed by atoms with Gasteiger partial charge < -0.3 is 9.22 Å². The Morgan fingerprint density at radius 1 is 0.652 bits per heavy atom. The lowest BCUT2D eigenvalue weighted by Gasteiger charge is -2.31. The fourth-order valence-corrected chi connectivity index (χ4v) is 2.79. The Bertz CT molecular complexity index is 234. The largest absolute Gasteiger partial charge is 0.381 e. The first-order valence-electron chi connectivity index (χ1n) is 10.4. The van der Waals surface area contributed by atoms with Gasteiger partial charge in [-0.3, -0.25) is 0 Å². The molecule has 0 N–H and O–H groups in total. The zero-order valence-corrected chi connectivity index (χ0v) is 17.0. The van der Waals surface area contributed by atoms with Crippen LogP contribution in [0.3, 0.4) is 0 Å². The predicted molar refractivity (Wildman–Crippen MR) is 104 cm³/mol. The van der Waals surface area contributed by atoms with Gasteiger partial charge in [0.25, 0.3) is 0 Å². The molecular formula is C21H46NO+. The van der Waals surface area contributed by atoms with E-state index in [1.165, 1.54) is 83.5 Å². The summed E-state index contributed by atoms with van der Waals surface area (Å²) in [7, 11) is 6.78. The summed E-state index contributed by atoms with van der Waals surface area (Å²) >= 11 is 0. The average molecular weight is 329 g/mol. The fourth-order valence-electron chi connectivity index (χ4n) is 2.79. The molecule has 0 aliphatic carbocycles. The van der Waals surface area contributed by atoms with Gasteiger partial charge in [0.1, 0.15) is 0 Å². The fraction of sp³-hybridized carbons (Fsp3) is 1.00. The molecule has 0 aliphatic heterocycles. The van der Waals surface area contributed by atoms with Crippen molar-refractivity contribution in [3.05, 3.63) is 0 Å². The van der Waals surface area contributed by atoms with Crippen LogP contribution in [0, 0.1) is 0 Å². The first kappa shape index (κ1) is 22.9. The molecule has 0 bridgehead atoms. The molecule has 0 aromatic heterocycles. The second kappa shape index (κ2) is 15.4. The molecule has 0 aliphatic rings. The van der Waals surface area contributed by atoms with Crippen molar-refractivity contribution in [1.82, 2.24) is 0 Å². The molecule has 0 aromatic carbocycles. The van der Waals surface area contributed by atoms with Crippen LogP contribution in [-0.2, 0) is 4.74 Å². The van der Waals surface area contributed by atoms with E-state index in [0.717, 1.165) is 17.7 Å². The maximum atomic E-state index is 5.78. The van der Waals surface area contributed by atoms with Gasteiger partial charge >= 0.3 is 0 Å². The van der Waals surface area contributed by atoms with E-state index in [2.05, 4.69) is 35.0 Å². The van der Waals surface area contributed by atoms with E-state index < -0.39 is 0 Å². The van der Waals surface area contributed by atoms with E-state index in [1.807, 2.05) is 0 Å². The number of nitrogens with zero attached hydrogens (tertiary/aromatic N) is 1. The third-order valence-corrected chi connectivity index (χ3v) is 5.14. The van der Waals surface area contributed by atoms with Crippen molar-refractivity contribution < 1.29 is 9.22 Å². The van der Waals surface area contributed by atoms with Crippen LogP contribution in [-0.4, -0.2) is 44.9 Å². The molecular weight excluding hydrogens is 282 g/mol. The molecule has 0 fully saturated rings. The molecule has 140 valence electrons. The molecule has 0 radical (unpaired) electrons. The van der Waals surface area contributed by atoms with Crippen molar-refractivity contribution in [2.75, 3.05) is 34.4 Å². The van der Waals surface area contributed by atoms with E-state index in [1.54, 1.807) is 0 Å². The van der Waals surface area contributed by atoms with Crippen molar-refractivity contribution in [2.45, 2.75) is 103 Å². The number of rotatable bonds is 17. The molecule has 1 atom stereocenters. The van der Waals surface area contributed by atoms with Crippen LogP contribution in [0.15, 0.2) is 0 Å². The highest BCUT2D eigenvalue weighted by atomic mass is 16.5. The molecule has 0 saturated carbocycles. The van der Waals surface area contributed by atoms with Gasteiger partial charge in [0, 0.05) is 13.0 Å². The van der Waals surface area contributed by atoms with E-state index >= 15 is 0 Å². The second-order valence-electron chi connectivity index (χ2n) is 8.26. The topological polar surface area (TPSA) is 9.23 Å². The summed E-state index contributed by atoms with van der Waals surface area (Å²) in [4.78, 5) is 0. The zero-order valence-electron chi connectivity index (χ0n) is 17.0. The first-order chi connectivity index (χ1) is 11.0. The number of quaternary nitrogens is 1. The van der Waals surface area contributed by atoms with E-state index in [0.29, 0.717) is 6.04 Å². The molecule has 23 heavy (non-hydrogen) atoms. The highest BCUT2D eigenvalue weighted by Gasteiger charge is 2.17. The number of hydrogen-bond donors (Lipinski definition) is 0. The predicted octanol–water partition coefficient (Wildman–Crippen LogP) is 6.19. The number of hydrogen-bond acceptors (Lipinski definition) is 1. The van der Waals surface area contributed by atoms with Gasteiger partial charge in [-0.2, -0.15) is 0 Å². The number of unbranched alkanes of at least 4 members (excludes halogenated alkanes) is 11. The van der Waals surface area contributed by atoms with Crippen molar-refractivity contribution in [2.24, 2.45) is 0 Å². The van der Waals surface area contributed by atoms with Crippen LogP contribution in [0.1, 0.15) is 97.3 Å². The molecule has 2 nitrogen and oxygen atoms in total. The average Bonchev–Trinajstić information content (AvgIpc) is 2.50. The van der Waals surface area contributed by atoms with Crippen LogP contribution in [0.2, 0.25) is 0 Å². The maximum Gasteiger partial charge on any atom is 0.0877 e. The Morgan fingerprint density at radius 3 is 1.52 bits per heavy atom. The van der Waals surface area contributed by atoms with Crippen molar-refractivity contribution in [3.63, 3.8) is 0 Å². The van der Waals surface area contributed by atoms with Crippen LogP contribution < -0.4 is 0 Å². The summed E-state index contributed by atoms with van der Waals surface area (Å²) < 4.78 is 6.81. The van der Waals surface area contributed by atoms with Crippen LogP contribution >= 0.6 is 0 Å². The minimum Gasteiger partial charge on any atom is -0.381 e. The van der Waals surface area contributed by atoms with Crippen LogP contribution in [0.4, 0.5) is 0 Å².